The first-order chi connectivity index (χ1) is 14.2. The zero-order valence-electron chi connectivity index (χ0n) is 16.0. The predicted octanol–water partition coefficient (Wildman–Crippen LogP) is 4.01. The van der Waals surface area contributed by atoms with Gasteiger partial charge in [0.1, 0.15) is 5.75 Å². The lowest BCUT2D eigenvalue weighted by Gasteiger charge is -2.29. The molecule has 7 nitrogen and oxygen atoms in total. The Morgan fingerprint density at radius 3 is 2.83 bits per heavy atom. The normalized spacial score (nSPS) is 17.9. The summed E-state index contributed by atoms with van der Waals surface area (Å²) in [4.78, 5) is 25.8. The summed E-state index contributed by atoms with van der Waals surface area (Å²) < 4.78 is 44.2. The SMILES string of the molecule is CN1C(=O)NCc2c(NC(=O)N[C@@H]3CCOc4cc(C(F)(F)F)ccc43)cccc21. The Kier molecular flexibility index (Phi) is 4.92. The molecule has 158 valence electrons. The molecule has 0 fully saturated rings. The van der Waals surface area contributed by atoms with Gasteiger partial charge >= 0.3 is 18.2 Å². The lowest BCUT2D eigenvalue weighted by Crippen LogP contribution is -2.42. The Labute approximate surface area is 170 Å². The summed E-state index contributed by atoms with van der Waals surface area (Å²) >= 11 is 0. The Hall–Kier alpha value is -3.43. The van der Waals surface area contributed by atoms with Gasteiger partial charge in [0.15, 0.2) is 0 Å². The van der Waals surface area contributed by atoms with E-state index in [-0.39, 0.29) is 24.9 Å². The quantitative estimate of drug-likeness (QED) is 0.687. The van der Waals surface area contributed by atoms with Crippen molar-refractivity contribution in [2.45, 2.75) is 25.2 Å². The number of rotatable bonds is 2. The lowest BCUT2D eigenvalue weighted by molar-refractivity contribution is -0.137. The van der Waals surface area contributed by atoms with Crippen molar-refractivity contribution in [2.75, 3.05) is 23.9 Å². The number of halogens is 3. The van der Waals surface area contributed by atoms with Crippen LogP contribution in [0.25, 0.3) is 0 Å². The van der Waals surface area contributed by atoms with E-state index in [4.69, 9.17) is 4.74 Å². The molecule has 0 spiro atoms. The van der Waals surface area contributed by atoms with Gasteiger partial charge < -0.3 is 20.7 Å². The van der Waals surface area contributed by atoms with Gasteiger partial charge in [-0.05, 0) is 24.3 Å². The Bertz CT molecular complexity index is 1010. The van der Waals surface area contributed by atoms with E-state index in [9.17, 15) is 22.8 Å². The third-order valence-corrected chi connectivity index (χ3v) is 5.17. The van der Waals surface area contributed by atoms with Crippen LogP contribution in [0, 0.1) is 0 Å². The molecule has 0 aliphatic carbocycles. The second-order valence-corrected chi connectivity index (χ2v) is 7.06. The zero-order valence-corrected chi connectivity index (χ0v) is 16.0. The topological polar surface area (TPSA) is 82.7 Å². The molecule has 0 radical (unpaired) electrons. The molecule has 2 aliphatic rings. The third kappa shape index (κ3) is 3.72. The average Bonchev–Trinajstić information content (AvgIpc) is 2.70. The van der Waals surface area contributed by atoms with E-state index in [0.29, 0.717) is 23.4 Å². The maximum Gasteiger partial charge on any atom is 0.416 e. The Balaban J connectivity index is 1.51. The minimum absolute atomic E-state index is 0.114. The third-order valence-electron chi connectivity index (χ3n) is 5.17. The summed E-state index contributed by atoms with van der Waals surface area (Å²) in [7, 11) is 1.63. The molecule has 0 saturated heterocycles. The fourth-order valence-corrected chi connectivity index (χ4v) is 3.62. The van der Waals surface area contributed by atoms with Gasteiger partial charge in [-0.3, -0.25) is 4.90 Å². The summed E-state index contributed by atoms with van der Waals surface area (Å²) in [5.41, 5.74) is 1.68. The largest absolute Gasteiger partial charge is 0.493 e. The van der Waals surface area contributed by atoms with Crippen LogP contribution in [0.4, 0.5) is 34.1 Å². The van der Waals surface area contributed by atoms with Gasteiger partial charge in [-0.25, -0.2) is 9.59 Å². The summed E-state index contributed by atoms with van der Waals surface area (Å²) in [6.07, 6.45) is -4.04. The average molecular weight is 420 g/mol. The van der Waals surface area contributed by atoms with E-state index in [1.807, 2.05) is 0 Å². The molecular formula is C20H19F3N4O3. The van der Waals surface area contributed by atoms with Crippen molar-refractivity contribution in [1.82, 2.24) is 10.6 Å². The van der Waals surface area contributed by atoms with Crippen LogP contribution < -0.4 is 25.6 Å². The maximum absolute atomic E-state index is 12.9. The molecule has 0 aromatic heterocycles. The van der Waals surface area contributed by atoms with Gasteiger partial charge in [0.25, 0.3) is 0 Å². The van der Waals surface area contributed by atoms with E-state index < -0.39 is 23.8 Å². The predicted molar refractivity (Wildman–Crippen MR) is 104 cm³/mol. The monoisotopic (exact) mass is 420 g/mol. The fraction of sp³-hybridized carbons (Fsp3) is 0.300. The van der Waals surface area contributed by atoms with Crippen LogP contribution in [0.3, 0.4) is 0 Å². The van der Waals surface area contributed by atoms with Crippen molar-refractivity contribution in [3.8, 4) is 5.75 Å². The fourth-order valence-electron chi connectivity index (χ4n) is 3.62. The lowest BCUT2D eigenvalue weighted by atomic mass is 9.98. The van der Waals surface area contributed by atoms with Crippen molar-refractivity contribution in [2.24, 2.45) is 0 Å². The molecule has 0 unspecified atom stereocenters. The van der Waals surface area contributed by atoms with Crippen LogP contribution in [-0.4, -0.2) is 25.7 Å². The number of carbonyl (C=O) groups is 2. The first-order valence-electron chi connectivity index (χ1n) is 9.29. The van der Waals surface area contributed by atoms with Gasteiger partial charge in [-0.15, -0.1) is 0 Å². The molecule has 4 amide bonds. The number of carbonyl (C=O) groups excluding carboxylic acids is 2. The van der Waals surface area contributed by atoms with Crippen molar-refractivity contribution in [3.63, 3.8) is 0 Å². The molecule has 2 heterocycles. The number of fused-ring (bicyclic) bond motifs is 2. The molecular weight excluding hydrogens is 401 g/mol. The van der Waals surface area contributed by atoms with Crippen LogP contribution in [0.1, 0.15) is 29.2 Å². The maximum atomic E-state index is 12.9. The van der Waals surface area contributed by atoms with E-state index in [1.165, 1.54) is 11.0 Å². The molecule has 2 aromatic carbocycles. The van der Waals surface area contributed by atoms with Crippen LogP contribution >= 0.6 is 0 Å². The molecule has 4 rings (SSSR count). The van der Waals surface area contributed by atoms with Crippen molar-refractivity contribution in [3.05, 3.63) is 53.1 Å². The summed E-state index contributed by atoms with van der Waals surface area (Å²) in [5, 5.41) is 8.29. The van der Waals surface area contributed by atoms with Gasteiger partial charge in [0.05, 0.1) is 23.9 Å². The van der Waals surface area contributed by atoms with Gasteiger partial charge in [-0.1, -0.05) is 12.1 Å². The number of alkyl halides is 3. The van der Waals surface area contributed by atoms with Crippen LogP contribution in [0.15, 0.2) is 36.4 Å². The number of nitrogens with zero attached hydrogens (tertiary/aromatic N) is 1. The highest BCUT2D eigenvalue weighted by molar-refractivity contribution is 5.98. The Morgan fingerprint density at radius 1 is 1.27 bits per heavy atom. The summed E-state index contributed by atoms with van der Waals surface area (Å²) in [5.74, 6) is 0.114. The van der Waals surface area contributed by atoms with Crippen LogP contribution in [0.2, 0.25) is 0 Å². The van der Waals surface area contributed by atoms with E-state index >= 15 is 0 Å². The molecule has 10 heteroatoms. The van der Waals surface area contributed by atoms with Crippen LogP contribution in [-0.2, 0) is 12.7 Å². The minimum atomic E-state index is -4.47. The van der Waals surface area contributed by atoms with Gasteiger partial charge in [-0.2, -0.15) is 13.2 Å². The minimum Gasteiger partial charge on any atom is -0.493 e. The number of ether oxygens (including phenoxy) is 1. The van der Waals surface area contributed by atoms with Crippen molar-refractivity contribution < 1.29 is 27.5 Å². The smallest absolute Gasteiger partial charge is 0.416 e. The summed E-state index contributed by atoms with van der Waals surface area (Å²) in [6, 6.07) is 7.27. The number of amides is 4. The molecule has 30 heavy (non-hydrogen) atoms. The Morgan fingerprint density at radius 2 is 2.07 bits per heavy atom. The molecule has 0 bridgehead atoms. The highest BCUT2D eigenvalue weighted by atomic mass is 19.4. The van der Waals surface area contributed by atoms with Crippen LogP contribution in [0.5, 0.6) is 5.75 Å². The number of anilines is 2. The molecule has 2 aliphatic heterocycles. The highest BCUT2D eigenvalue weighted by Crippen LogP contribution is 2.38. The van der Waals surface area contributed by atoms with E-state index in [2.05, 4.69) is 16.0 Å². The molecule has 3 N–H and O–H groups in total. The number of nitrogens with one attached hydrogen (secondary N) is 3. The number of urea groups is 2. The number of hydrogen-bond donors (Lipinski definition) is 3. The molecule has 2 aromatic rings. The second-order valence-electron chi connectivity index (χ2n) is 7.06. The molecule has 0 saturated carbocycles. The van der Waals surface area contributed by atoms with Gasteiger partial charge in [0.2, 0.25) is 0 Å². The summed E-state index contributed by atoms with van der Waals surface area (Å²) in [6.45, 7) is 0.464. The number of hydrogen-bond acceptors (Lipinski definition) is 3. The van der Waals surface area contributed by atoms with Crippen molar-refractivity contribution in [1.29, 1.82) is 0 Å². The first kappa shape index (κ1) is 19.9. The standard InChI is InChI=1S/C20H19F3N4O3/c1-27-16-4-2-3-14(13(16)10-24-19(27)29)25-18(28)26-15-7-8-30-17-9-11(20(21,22)23)5-6-12(15)17/h2-6,9,15H,7-8,10H2,1H3,(H,24,29)(H2,25,26,28)/t15-/m1/s1. The second kappa shape index (κ2) is 7.43. The zero-order chi connectivity index (χ0) is 21.5. The first-order valence-corrected chi connectivity index (χ1v) is 9.29. The highest BCUT2D eigenvalue weighted by Gasteiger charge is 2.33. The van der Waals surface area contributed by atoms with E-state index in [0.717, 1.165) is 17.7 Å². The number of benzene rings is 2. The van der Waals surface area contributed by atoms with E-state index in [1.54, 1.807) is 25.2 Å². The van der Waals surface area contributed by atoms with Crippen molar-refractivity contribution >= 4 is 23.4 Å². The molecule has 1 atom stereocenters. The van der Waals surface area contributed by atoms with Gasteiger partial charge in [0, 0.05) is 36.8 Å².